The van der Waals surface area contributed by atoms with E-state index in [2.05, 4.69) is 95.9 Å². The van der Waals surface area contributed by atoms with E-state index in [9.17, 15) is 0 Å². The molecule has 0 bridgehead atoms. The molecule has 0 N–H and O–H groups in total. The Kier molecular flexibility index (Phi) is 5.69. The topological polar surface area (TPSA) is 21.7 Å². The molecule has 0 saturated carbocycles. The number of benzene rings is 5. The molecule has 0 radical (unpaired) electrons. The van der Waals surface area contributed by atoms with Crippen LogP contribution in [0.15, 0.2) is 115 Å². The average Bonchev–Trinajstić information content (AvgIpc) is 2.90. The quantitative estimate of drug-likeness (QED) is 0.272. The smallest absolute Gasteiger partial charge is 0.119 e. The van der Waals surface area contributed by atoms with E-state index in [1.807, 2.05) is 24.3 Å². The third-order valence-corrected chi connectivity index (χ3v) is 5.87. The minimum Gasteiger partial charge on any atom is -0.497 e. The summed E-state index contributed by atoms with van der Waals surface area (Å²) < 4.78 is 10.7. The maximum atomic E-state index is 5.35. The van der Waals surface area contributed by atoms with Crippen molar-refractivity contribution in [2.45, 2.75) is 0 Å². The number of nitrogens with zero attached hydrogens (tertiary/aromatic N) is 1. The summed E-state index contributed by atoms with van der Waals surface area (Å²) in [5.74, 6) is 1.67. The first-order valence-corrected chi connectivity index (χ1v) is 10.9. The highest BCUT2D eigenvalue weighted by atomic mass is 16.5. The van der Waals surface area contributed by atoms with Gasteiger partial charge < -0.3 is 14.4 Å². The molecule has 5 aromatic rings. The number of rotatable bonds is 6. The molecule has 5 rings (SSSR count). The molecule has 3 heteroatoms. The van der Waals surface area contributed by atoms with Crippen LogP contribution in [0.25, 0.3) is 21.9 Å². The normalized spacial score (nSPS) is 10.7. The van der Waals surface area contributed by atoms with E-state index in [-0.39, 0.29) is 0 Å². The second-order valence-electron chi connectivity index (χ2n) is 7.84. The molecule has 0 aliphatic rings. The molecular formula is C30H25NO2. The summed E-state index contributed by atoms with van der Waals surface area (Å²) in [7, 11) is 3.36. The predicted octanol–water partition coefficient (Wildman–Crippen LogP) is 7.99. The number of hydrogen-bond acceptors (Lipinski definition) is 3. The molecule has 0 aromatic heterocycles. The van der Waals surface area contributed by atoms with Crippen molar-refractivity contribution in [3.63, 3.8) is 0 Å². The maximum absolute atomic E-state index is 5.35. The van der Waals surface area contributed by atoms with E-state index in [4.69, 9.17) is 9.47 Å². The Bertz CT molecular complexity index is 1310. The molecule has 3 nitrogen and oxygen atoms in total. The minimum absolute atomic E-state index is 0.833. The van der Waals surface area contributed by atoms with E-state index in [0.717, 1.165) is 28.6 Å². The van der Waals surface area contributed by atoms with Gasteiger partial charge in [0, 0.05) is 17.1 Å². The highest BCUT2D eigenvalue weighted by Gasteiger charge is 2.13. The van der Waals surface area contributed by atoms with Gasteiger partial charge in [-0.1, -0.05) is 48.5 Å². The van der Waals surface area contributed by atoms with Crippen LogP contribution < -0.4 is 14.4 Å². The van der Waals surface area contributed by atoms with Crippen molar-refractivity contribution in [2.75, 3.05) is 19.1 Å². The van der Waals surface area contributed by atoms with Gasteiger partial charge in [-0.15, -0.1) is 0 Å². The minimum atomic E-state index is 0.833. The third-order valence-electron chi connectivity index (χ3n) is 5.87. The number of fused-ring (bicyclic) bond motifs is 1. The summed E-state index contributed by atoms with van der Waals surface area (Å²) in [4.78, 5) is 2.23. The number of ether oxygens (including phenoxy) is 2. The summed E-state index contributed by atoms with van der Waals surface area (Å²) in [5.41, 5.74) is 5.59. The molecule has 0 spiro atoms. The lowest BCUT2D eigenvalue weighted by Gasteiger charge is -2.26. The number of anilines is 3. The molecule has 0 fully saturated rings. The Labute approximate surface area is 194 Å². The third kappa shape index (κ3) is 4.26. The van der Waals surface area contributed by atoms with Crippen molar-refractivity contribution in [2.24, 2.45) is 0 Å². The second-order valence-corrected chi connectivity index (χ2v) is 7.84. The Balaban J connectivity index is 1.53. The van der Waals surface area contributed by atoms with Gasteiger partial charge in [0.15, 0.2) is 0 Å². The Hall–Kier alpha value is -4.24. The monoisotopic (exact) mass is 431 g/mol. The van der Waals surface area contributed by atoms with Crippen molar-refractivity contribution >= 4 is 27.8 Å². The Morgan fingerprint density at radius 2 is 0.909 bits per heavy atom. The van der Waals surface area contributed by atoms with Gasteiger partial charge >= 0.3 is 0 Å². The molecule has 0 heterocycles. The van der Waals surface area contributed by atoms with Crippen LogP contribution in [0.3, 0.4) is 0 Å². The van der Waals surface area contributed by atoms with Crippen molar-refractivity contribution in [3.8, 4) is 22.6 Å². The zero-order valence-electron chi connectivity index (χ0n) is 18.7. The zero-order chi connectivity index (χ0) is 22.6. The maximum Gasteiger partial charge on any atom is 0.119 e. The summed E-state index contributed by atoms with van der Waals surface area (Å²) in [6.45, 7) is 0. The van der Waals surface area contributed by atoms with E-state index in [0.29, 0.717) is 0 Å². The molecule has 0 amide bonds. The Morgan fingerprint density at radius 1 is 0.455 bits per heavy atom. The van der Waals surface area contributed by atoms with Crippen LogP contribution in [-0.4, -0.2) is 14.2 Å². The van der Waals surface area contributed by atoms with Gasteiger partial charge in [0.25, 0.3) is 0 Å². The first kappa shape index (κ1) is 20.7. The fourth-order valence-electron chi connectivity index (χ4n) is 4.08. The van der Waals surface area contributed by atoms with Crippen LogP contribution in [0.2, 0.25) is 0 Å². The SMILES string of the molecule is COc1ccc(N(c2ccc(OC)cc2)c2ccc(-c3ccc4ccccc4c3)cc2)cc1. The number of hydrogen-bond donors (Lipinski definition) is 0. The molecule has 0 aliphatic carbocycles. The van der Waals surface area contributed by atoms with Crippen LogP contribution in [-0.2, 0) is 0 Å². The van der Waals surface area contributed by atoms with Crippen molar-refractivity contribution in [3.05, 3.63) is 115 Å². The van der Waals surface area contributed by atoms with Gasteiger partial charge in [0.2, 0.25) is 0 Å². The largest absolute Gasteiger partial charge is 0.497 e. The van der Waals surface area contributed by atoms with Gasteiger partial charge in [-0.25, -0.2) is 0 Å². The lowest BCUT2D eigenvalue weighted by Crippen LogP contribution is -2.09. The van der Waals surface area contributed by atoms with Crippen LogP contribution >= 0.6 is 0 Å². The highest BCUT2D eigenvalue weighted by molar-refractivity contribution is 5.87. The summed E-state index contributed by atoms with van der Waals surface area (Å²) in [6, 6.07) is 40.0. The van der Waals surface area contributed by atoms with Crippen LogP contribution in [0.1, 0.15) is 0 Å². The van der Waals surface area contributed by atoms with Crippen LogP contribution in [0.5, 0.6) is 11.5 Å². The molecule has 33 heavy (non-hydrogen) atoms. The Morgan fingerprint density at radius 3 is 1.42 bits per heavy atom. The molecular weight excluding hydrogens is 406 g/mol. The first-order chi connectivity index (χ1) is 16.2. The van der Waals surface area contributed by atoms with Crippen molar-refractivity contribution < 1.29 is 9.47 Å². The predicted molar refractivity (Wildman–Crippen MR) is 137 cm³/mol. The summed E-state index contributed by atoms with van der Waals surface area (Å²) >= 11 is 0. The fraction of sp³-hybridized carbons (Fsp3) is 0.0667. The van der Waals surface area contributed by atoms with E-state index in [1.54, 1.807) is 14.2 Å². The zero-order valence-corrected chi connectivity index (χ0v) is 18.7. The lowest BCUT2D eigenvalue weighted by molar-refractivity contribution is 0.415. The van der Waals surface area contributed by atoms with Gasteiger partial charge in [-0.3, -0.25) is 0 Å². The van der Waals surface area contributed by atoms with E-state index in [1.165, 1.54) is 21.9 Å². The van der Waals surface area contributed by atoms with Gasteiger partial charge in [0.1, 0.15) is 11.5 Å². The van der Waals surface area contributed by atoms with Gasteiger partial charge in [-0.05, 0) is 88.6 Å². The molecule has 0 unspecified atom stereocenters. The molecule has 0 aliphatic heterocycles. The van der Waals surface area contributed by atoms with Gasteiger partial charge in [0.05, 0.1) is 14.2 Å². The molecule has 5 aromatic carbocycles. The summed E-state index contributed by atoms with van der Waals surface area (Å²) in [6.07, 6.45) is 0. The lowest BCUT2D eigenvalue weighted by atomic mass is 10.0. The summed E-state index contributed by atoms with van der Waals surface area (Å²) in [5, 5.41) is 2.50. The fourth-order valence-corrected chi connectivity index (χ4v) is 4.08. The van der Waals surface area contributed by atoms with Crippen LogP contribution in [0.4, 0.5) is 17.1 Å². The van der Waals surface area contributed by atoms with Crippen LogP contribution in [0, 0.1) is 0 Å². The average molecular weight is 432 g/mol. The van der Waals surface area contributed by atoms with Crippen molar-refractivity contribution in [1.82, 2.24) is 0 Å². The van der Waals surface area contributed by atoms with Gasteiger partial charge in [-0.2, -0.15) is 0 Å². The standard InChI is InChI=1S/C30H25NO2/c1-32-29-17-13-27(14-18-29)31(28-15-19-30(33-2)20-16-28)26-11-9-23(10-12-26)25-8-7-22-5-3-4-6-24(22)21-25/h3-21H,1-2H3. The highest BCUT2D eigenvalue weighted by Crippen LogP contribution is 2.37. The van der Waals surface area contributed by atoms with E-state index >= 15 is 0 Å². The second kappa shape index (κ2) is 9.09. The van der Waals surface area contributed by atoms with Crippen molar-refractivity contribution in [1.29, 1.82) is 0 Å². The number of methoxy groups -OCH3 is 2. The van der Waals surface area contributed by atoms with E-state index < -0.39 is 0 Å². The molecule has 0 atom stereocenters. The molecule has 162 valence electrons. The first-order valence-electron chi connectivity index (χ1n) is 10.9. The molecule has 0 saturated heterocycles.